The van der Waals surface area contributed by atoms with Crippen molar-refractivity contribution >= 4 is 34.6 Å². The Hall–Kier alpha value is -4.07. The summed E-state index contributed by atoms with van der Waals surface area (Å²) < 4.78 is 10.9. The summed E-state index contributed by atoms with van der Waals surface area (Å²) in [5.74, 6) is -0.263. The molecule has 1 aromatic heterocycles. The molecule has 0 unspecified atom stereocenters. The summed E-state index contributed by atoms with van der Waals surface area (Å²) in [4.78, 5) is 32.9. The zero-order chi connectivity index (χ0) is 21.2. The molecule has 0 radical (unpaired) electrons. The molecule has 0 atom stereocenters. The van der Waals surface area contributed by atoms with Crippen molar-refractivity contribution in [3.63, 3.8) is 0 Å². The summed E-state index contributed by atoms with van der Waals surface area (Å²) in [7, 11) is 0. The van der Waals surface area contributed by atoms with Crippen LogP contribution in [0.3, 0.4) is 0 Å². The van der Waals surface area contributed by atoms with Crippen molar-refractivity contribution in [1.82, 2.24) is 9.80 Å². The van der Waals surface area contributed by atoms with Gasteiger partial charge in [0.05, 0.1) is 11.8 Å². The number of urea groups is 1. The van der Waals surface area contributed by atoms with E-state index in [1.807, 2.05) is 59.5 Å². The zero-order valence-electron chi connectivity index (χ0n) is 16.7. The number of para-hydroxylation sites is 2. The Labute approximate surface area is 178 Å². The molecule has 31 heavy (non-hydrogen) atoms. The monoisotopic (exact) mass is 416 g/mol. The second-order valence-corrected chi connectivity index (χ2v) is 7.28. The van der Waals surface area contributed by atoms with E-state index in [1.54, 1.807) is 17.4 Å². The number of nitrogens with one attached hydrogen (secondary N) is 1. The van der Waals surface area contributed by atoms with Gasteiger partial charge in [0, 0.05) is 43.5 Å². The lowest BCUT2D eigenvalue weighted by Crippen LogP contribution is -2.48. The van der Waals surface area contributed by atoms with Gasteiger partial charge in [0.1, 0.15) is 5.58 Å². The van der Waals surface area contributed by atoms with Gasteiger partial charge in [-0.25, -0.2) is 14.6 Å². The molecule has 0 bridgehead atoms. The minimum atomic E-state index is -0.497. The van der Waals surface area contributed by atoms with Gasteiger partial charge in [-0.2, -0.15) is 0 Å². The average Bonchev–Trinajstić information content (AvgIpc) is 3.41. The van der Waals surface area contributed by atoms with Crippen LogP contribution in [0.4, 0.5) is 10.5 Å². The van der Waals surface area contributed by atoms with E-state index in [0.717, 1.165) is 11.1 Å². The Morgan fingerprint density at radius 2 is 1.81 bits per heavy atom. The third kappa shape index (κ3) is 3.87. The van der Waals surface area contributed by atoms with Gasteiger partial charge < -0.3 is 24.3 Å². The van der Waals surface area contributed by atoms with Crippen LogP contribution < -0.4 is 5.32 Å². The van der Waals surface area contributed by atoms with Crippen LogP contribution in [0, 0.1) is 0 Å². The molecular weight excluding hydrogens is 396 g/mol. The topological polar surface area (TPSA) is 87.4 Å². The molecule has 5 rings (SSSR count). The summed E-state index contributed by atoms with van der Waals surface area (Å²) in [6.07, 6.45) is 3.29. The zero-order valence-corrected chi connectivity index (χ0v) is 16.7. The van der Waals surface area contributed by atoms with Crippen LogP contribution in [0.1, 0.15) is 5.56 Å². The SMILES string of the molecule is O=C1OC(c2cccc3ccoc23)=NC1=CN1CCN(C(=O)Nc2ccccc2)CC1. The number of anilines is 1. The third-order valence-corrected chi connectivity index (χ3v) is 5.26. The number of fused-ring (bicyclic) bond motifs is 1. The van der Waals surface area contributed by atoms with Gasteiger partial charge in [-0.15, -0.1) is 0 Å². The number of esters is 1. The van der Waals surface area contributed by atoms with Crippen LogP contribution in [-0.2, 0) is 9.53 Å². The highest BCUT2D eigenvalue weighted by Crippen LogP contribution is 2.25. The maximum absolute atomic E-state index is 12.4. The van der Waals surface area contributed by atoms with Gasteiger partial charge in [-0.1, -0.05) is 30.3 Å². The minimum Gasteiger partial charge on any atom is -0.464 e. The first-order valence-corrected chi connectivity index (χ1v) is 10.0. The molecule has 1 fully saturated rings. The second kappa shape index (κ2) is 7.98. The van der Waals surface area contributed by atoms with Gasteiger partial charge in [0.15, 0.2) is 5.70 Å². The van der Waals surface area contributed by atoms with E-state index in [1.165, 1.54) is 0 Å². The molecule has 1 N–H and O–H groups in total. The van der Waals surface area contributed by atoms with Gasteiger partial charge in [-0.3, -0.25) is 0 Å². The molecule has 156 valence electrons. The minimum absolute atomic E-state index is 0.134. The molecule has 8 nitrogen and oxygen atoms in total. The predicted molar refractivity (Wildman–Crippen MR) is 116 cm³/mol. The predicted octanol–water partition coefficient (Wildman–Crippen LogP) is 3.43. The van der Waals surface area contributed by atoms with Crippen molar-refractivity contribution in [2.24, 2.45) is 4.99 Å². The highest BCUT2D eigenvalue weighted by molar-refractivity contribution is 6.15. The van der Waals surface area contributed by atoms with Crippen molar-refractivity contribution in [1.29, 1.82) is 0 Å². The summed E-state index contributed by atoms with van der Waals surface area (Å²) in [6, 6.07) is 16.7. The van der Waals surface area contributed by atoms with Crippen molar-refractivity contribution < 1.29 is 18.7 Å². The first kappa shape index (κ1) is 18.9. The number of furan rings is 1. The quantitative estimate of drug-likeness (QED) is 0.522. The van der Waals surface area contributed by atoms with E-state index in [-0.39, 0.29) is 17.6 Å². The number of ether oxygens (including phenoxy) is 1. The molecular formula is C23H20N4O4. The van der Waals surface area contributed by atoms with E-state index in [9.17, 15) is 9.59 Å². The van der Waals surface area contributed by atoms with Crippen LogP contribution >= 0.6 is 0 Å². The van der Waals surface area contributed by atoms with Gasteiger partial charge in [0.2, 0.25) is 5.90 Å². The first-order valence-electron chi connectivity index (χ1n) is 10.0. The van der Waals surface area contributed by atoms with Crippen molar-refractivity contribution in [3.05, 3.63) is 78.3 Å². The Morgan fingerprint density at radius 3 is 2.61 bits per heavy atom. The van der Waals surface area contributed by atoms with Crippen LogP contribution in [0.2, 0.25) is 0 Å². The largest absolute Gasteiger partial charge is 0.464 e. The number of hydrogen-bond donors (Lipinski definition) is 1. The van der Waals surface area contributed by atoms with Crippen molar-refractivity contribution in [3.8, 4) is 0 Å². The van der Waals surface area contributed by atoms with Gasteiger partial charge in [-0.05, 0) is 24.3 Å². The van der Waals surface area contributed by atoms with Crippen LogP contribution in [0.5, 0.6) is 0 Å². The normalized spacial score (nSPS) is 17.7. The smallest absolute Gasteiger partial charge is 0.365 e. The highest BCUT2D eigenvalue weighted by Gasteiger charge is 2.28. The fourth-order valence-corrected chi connectivity index (χ4v) is 3.63. The molecule has 0 aliphatic carbocycles. The molecule has 2 amide bonds. The molecule has 3 heterocycles. The number of cyclic esters (lactones) is 1. The van der Waals surface area contributed by atoms with E-state index in [0.29, 0.717) is 37.3 Å². The molecule has 2 aliphatic rings. The van der Waals surface area contributed by atoms with Crippen LogP contribution in [0.15, 0.2) is 82.2 Å². The number of benzene rings is 2. The average molecular weight is 416 g/mol. The summed E-state index contributed by atoms with van der Waals surface area (Å²) >= 11 is 0. The number of rotatable bonds is 3. The fourth-order valence-electron chi connectivity index (χ4n) is 3.63. The van der Waals surface area contributed by atoms with E-state index in [2.05, 4.69) is 10.3 Å². The number of carbonyl (C=O) groups excluding carboxylic acids is 2. The van der Waals surface area contributed by atoms with Crippen molar-refractivity contribution in [2.75, 3.05) is 31.5 Å². The van der Waals surface area contributed by atoms with E-state index < -0.39 is 5.97 Å². The number of amides is 2. The number of aliphatic imine (C=N–C) groups is 1. The van der Waals surface area contributed by atoms with Gasteiger partial charge >= 0.3 is 12.0 Å². The van der Waals surface area contributed by atoms with E-state index >= 15 is 0 Å². The third-order valence-electron chi connectivity index (χ3n) is 5.26. The van der Waals surface area contributed by atoms with Crippen LogP contribution in [-0.4, -0.2) is 53.9 Å². The summed E-state index contributed by atoms with van der Waals surface area (Å²) in [6.45, 7) is 2.27. The fraction of sp³-hybridized carbons (Fsp3) is 0.174. The van der Waals surface area contributed by atoms with Crippen molar-refractivity contribution in [2.45, 2.75) is 0 Å². The first-order chi connectivity index (χ1) is 15.2. The Morgan fingerprint density at radius 1 is 1.00 bits per heavy atom. The molecule has 3 aromatic rings. The maximum Gasteiger partial charge on any atom is 0.365 e. The molecule has 8 heteroatoms. The Balaban J connectivity index is 1.25. The summed E-state index contributed by atoms with van der Waals surface area (Å²) in [5, 5.41) is 3.81. The summed E-state index contributed by atoms with van der Waals surface area (Å²) in [5.41, 5.74) is 2.27. The number of carbonyl (C=O) groups is 2. The highest BCUT2D eigenvalue weighted by atomic mass is 16.6. The lowest BCUT2D eigenvalue weighted by molar-refractivity contribution is -0.130. The Kier molecular flexibility index (Phi) is 4.87. The maximum atomic E-state index is 12.4. The lowest BCUT2D eigenvalue weighted by Gasteiger charge is -2.34. The molecule has 2 aromatic carbocycles. The lowest BCUT2D eigenvalue weighted by atomic mass is 10.1. The van der Waals surface area contributed by atoms with Crippen LogP contribution in [0.25, 0.3) is 11.0 Å². The number of hydrogen-bond acceptors (Lipinski definition) is 6. The number of piperazine rings is 1. The Bertz CT molecular complexity index is 1190. The molecule has 0 saturated carbocycles. The van der Waals surface area contributed by atoms with E-state index in [4.69, 9.17) is 9.15 Å². The second-order valence-electron chi connectivity index (χ2n) is 7.28. The van der Waals surface area contributed by atoms with Gasteiger partial charge in [0.25, 0.3) is 0 Å². The standard InChI is InChI=1S/C23H20N4O4/c28-22-19(25-21(31-22)18-8-4-5-16-9-14-30-20(16)18)15-26-10-12-27(13-11-26)23(29)24-17-6-2-1-3-7-17/h1-9,14-15H,10-13H2,(H,24,29). The molecule has 2 aliphatic heterocycles. The number of nitrogens with zero attached hydrogens (tertiary/aromatic N) is 3. The molecule has 0 spiro atoms. The molecule has 1 saturated heterocycles.